The summed E-state index contributed by atoms with van der Waals surface area (Å²) in [7, 11) is 3.47. The smallest absolute Gasteiger partial charge is 0.247 e. The van der Waals surface area contributed by atoms with Crippen molar-refractivity contribution in [2.24, 2.45) is 29.0 Å². The molecule has 11 heteroatoms. The van der Waals surface area contributed by atoms with E-state index in [-0.39, 0.29) is 17.2 Å². The number of hydrogen-bond donors (Lipinski definition) is 4. The second-order valence-corrected chi connectivity index (χ2v) is 10.00. The number of carbonyl (C=O) groups is 1. The van der Waals surface area contributed by atoms with Crippen molar-refractivity contribution in [1.29, 1.82) is 0 Å². The van der Waals surface area contributed by atoms with Gasteiger partial charge in [-0.3, -0.25) is 15.3 Å². The molecule has 2 saturated heterocycles. The minimum absolute atomic E-state index is 0.200. The Morgan fingerprint density at radius 2 is 2.03 bits per heavy atom. The van der Waals surface area contributed by atoms with Crippen LogP contribution in [0.3, 0.4) is 0 Å². The topological polar surface area (TPSA) is 145 Å². The number of aliphatic imine (C=N–C) groups is 1. The number of rotatable bonds is 8. The number of aromatic nitrogens is 2. The highest BCUT2D eigenvalue weighted by atomic mass is 16.5. The first-order valence-electron chi connectivity index (χ1n) is 12.8. The van der Waals surface area contributed by atoms with Gasteiger partial charge in [-0.25, -0.2) is 4.99 Å². The largest absolute Gasteiger partial charge is 0.494 e. The van der Waals surface area contributed by atoms with Gasteiger partial charge in [-0.05, 0) is 42.7 Å². The molecule has 0 atom stereocenters. The number of amidine groups is 1. The second-order valence-electron chi connectivity index (χ2n) is 10.00. The van der Waals surface area contributed by atoms with Crippen molar-refractivity contribution in [3.63, 3.8) is 0 Å². The van der Waals surface area contributed by atoms with E-state index in [0.29, 0.717) is 22.8 Å². The number of piperidine rings is 1. The molecule has 3 aromatic rings. The molecule has 0 aliphatic carbocycles. The van der Waals surface area contributed by atoms with E-state index < -0.39 is 0 Å². The monoisotopic (exact) mass is 530 g/mol. The summed E-state index contributed by atoms with van der Waals surface area (Å²) in [6.07, 6.45) is 6.74. The first kappa shape index (κ1) is 26.3. The summed E-state index contributed by atoms with van der Waals surface area (Å²) in [6.45, 7) is 6.93. The highest BCUT2D eigenvalue weighted by Gasteiger charge is 2.41. The van der Waals surface area contributed by atoms with Crippen LogP contribution in [0.5, 0.6) is 5.75 Å². The van der Waals surface area contributed by atoms with Crippen LogP contribution in [0.4, 0.5) is 17.1 Å². The summed E-state index contributed by atoms with van der Waals surface area (Å²) >= 11 is 0. The number of hydrogen-bond acceptors (Lipinski definition) is 8. The Bertz CT molecular complexity index is 1460. The Morgan fingerprint density at radius 1 is 1.26 bits per heavy atom. The number of fused-ring (bicyclic) bond motifs is 1. The molecule has 2 aliphatic heterocycles. The average molecular weight is 531 g/mol. The fraction of sp³-hybridized carbons (Fsp3) is 0.321. The maximum Gasteiger partial charge on any atom is 0.247 e. The predicted octanol–water partition coefficient (Wildman–Crippen LogP) is 2.82. The van der Waals surface area contributed by atoms with Crippen LogP contribution in [0.1, 0.15) is 18.4 Å². The molecule has 6 N–H and O–H groups in total. The second kappa shape index (κ2) is 10.8. The molecule has 2 aromatic carbocycles. The van der Waals surface area contributed by atoms with Gasteiger partial charge in [0.25, 0.3) is 0 Å². The number of nitrogens with one attached hydrogen (secondary N) is 2. The number of amides is 1. The molecule has 2 fully saturated rings. The normalized spacial score (nSPS) is 17.2. The number of anilines is 2. The first-order chi connectivity index (χ1) is 18.8. The van der Waals surface area contributed by atoms with Gasteiger partial charge in [-0.1, -0.05) is 12.6 Å². The lowest BCUT2D eigenvalue weighted by atomic mass is 9.76. The maximum atomic E-state index is 12.3. The lowest BCUT2D eigenvalue weighted by molar-refractivity contribution is -0.124. The number of aryl methyl sites for hydroxylation is 1. The van der Waals surface area contributed by atoms with E-state index in [4.69, 9.17) is 21.1 Å². The number of benzene rings is 2. The number of nitrogens with two attached hydrogens (primary N) is 2. The number of carbonyl (C=O) groups excluding carboxylic acids is 1. The van der Waals surface area contributed by atoms with Gasteiger partial charge in [0.2, 0.25) is 5.91 Å². The van der Waals surface area contributed by atoms with Gasteiger partial charge in [0, 0.05) is 43.1 Å². The Labute approximate surface area is 227 Å². The molecule has 39 heavy (non-hydrogen) atoms. The number of hydrazine groups is 1. The minimum Gasteiger partial charge on any atom is -0.494 e. The molecular weight excluding hydrogens is 496 g/mol. The van der Waals surface area contributed by atoms with E-state index in [1.807, 2.05) is 31.3 Å². The van der Waals surface area contributed by atoms with Crippen LogP contribution in [0, 0.1) is 5.41 Å². The summed E-state index contributed by atoms with van der Waals surface area (Å²) in [5, 5.41) is 8.18. The van der Waals surface area contributed by atoms with Crippen LogP contribution in [0.25, 0.3) is 16.6 Å². The lowest BCUT2D eigenvalue weighted by Gasteiger charge is -2.48. The third kappa shape index (κ3) is 5.31. The third-order valence-corrected chi connectivity index (χ3v) is 7.48. The Hall–Kier alpha value is -4.35. The molecule has 2 aliphatic rings. The standard InChI is InChI=1S/C28H34N8O3/c1-4-27(37)33-21-12-22(25(38-3)14-24(21)36-9-7-28(8-10-36)16-39-17-28)32-26(29)13-20(34-30)18-5-6-23-19(11-18)15-31-35(23)2/h4-6,11-15,34H,1,7-10,16-17,30H2,2-3H3,(H2,29,32)(H,33,37)/b20-13-. The molecule has 0 bridgehead atoms. The third-order valence-electron chi connectivity index (χ3n) is 7.48. The maximum absolute atomic E-state index is 12.3. The molecule has 11 nitrogen and oxygen atoms in total. The average Bonchev–Trinajstić information content (AvgIpc) is 3.30. The zero-order valence-corrected chi connectivity index (χ0v) is 22.2. The van der Waals surface area contributed by atoms with Crippen molar-refractivity contribution in [2.75, 3.05) is 43.6 Å². The summed E-state index contributed by atoms with van der Waals surface area (Å²) in [5.41, 5.74) is 13.7. The van der Waals surface area contributed by atoms with Crippen molar-refractivity contribution in [1.82, 2.24) is 15.2 Å². The number of nitrogens with zero attached hydrogens (tertiary/aromatic N) is 4. The molecule has 0 saturated carbocycles. The Kier molecular flexibility index (Phi) is 7.27. The van der Waals surface area contributed by atoms with Crippen LogP contribution in [0.15, 0.2) is 60.3 Å². The van der Waals surface area contributed by atoms with Gasteiger partial charge in [0.1, 0.15) is 17.3 Å². The van der Waals surface area contributed by atoms with Crippen molar-refractivity contribution in [3.05, 3.63) is 60.8 Å². The van der Waals surface area contributed by atoms with E-state index in [1.165, 1.54) is 6.08 Å². The molecule has 3 heterocycles. The van der Waals surface area contributed by atoms with Crippen LogP contribution >= 0.6 is 0 Å². The molecule has 1 spiro atoms. The Balaban J connectivity index is 1.47. The van der Waals surface area contributed by atoms with Crippen LogP contribution < -0.4 is 32.0 Å². The Morgan fingerprint density at radius 3 is 2.67 bits per heavy atom. The zero-order chi connectivity index (χ0) is 27.6. The summed E-state index contributed by atoms with van der Waals surface area (Å²) in [5.74, 6) is 6.25. The fourth-order valence-electron chi connectivity index (χ4n) is 5.11. The van der Waals surface area contributed by atoms with Gasteiger partial charge < -0.3 is 30.8 Å². The predicted molar refractivity (Wildman–Crippen MR) is 154 cm³/mol. The molecule has 0 unspecified atom stereocenters. The highest BCUT2D eigenvalue weighted by molar-refractivity contribution is 6.03. The van der Waals surface area contributed by atoms with E-state index >= 15 is 0 Å². The molecule has 5 rings (SSSR count). The molecule has 204 valence electrons. The molecular formula is C28H34N8O3. The van der Waals surface area contributed by atoms with Crippen LogP contribution in [0.2, 0.25) is 0 Å². The van der Waals surface area contributed by atoms with Gasteiger partial charge in [-0.2, -0.15) is 5.10 Å². The van der Waals surface area contributed by atoms with Crippen molar-refractivity contribution < 1.29 is 14.3 Å². The van der Waals surface area contributed by atoms with Gasteiger partial charge in [0.15, 0.2) is 0 Å². The van der Waals surface area contributed by atoms with E-state index in [1.54, 1.807) is 30.1 Å². The molecule has 0 radical (unpaired) electrons. The SMILES string of the molecule is C=CC(=O)Nc1cc(N=C(N)/C=C(\NN)c2ccc3c(cnn3C)c2)c(OC)cc1N1CCC2(CC1)COC2. The van der Waals surface area contributed by atoms with Gasteiger partial charge in [0.05, 0.1) is 49.1 Å². The minimum atomic E-state index is -0.314. The molecule has 1 aromatic heterocycles. The fourth-order valence-corrected chi connectivity index (χ4v) is 5.11. The van der Waals surface area contributed by atoms with E-state index in [9.17, 15) is 4.79 Å². The first-order valence-corrected chi connectivity index (χ1v) is 12.8. The van der Waals surface area contributed by atoms with Crippen molar-refractivity contribution >= 4 is 45.4 Å². The quantitative estimate of drug-likeness (QED) is 0.114. The number of methoxy groups -OCH3 is 1. The highest BCUT2D eigenvalue weighted by Crippen LogP contribution is 2.44. The number of ether oxygens (including phenoxy) is 2. The van der Waals surface area contributed by atoms with Gasteiger partial charge >= 0.3 is 0 Å². The van der Waals surface area contributed by atoms with E-state index in [2.05, 4.69) is 32.3 Å². The summed E-state index contributed by atoms with van der Waals surface area (Å²) < 4.78 is 13.0. The summed E-state index contributed by atoms with van der Waals surface area (Å²) in [4.78, 5) is 19.2. The van der Waals surface area contributed by atoms with E-state index in [0.717, 1.165) is 61.3 Å². The molecule has 1 amide bonds. The van der Waals surface area contributed by atoms with Crippen molar-refractivity contribution in [2.45, 2.75) is 12.8 Å². The summed E-state index contributed by atoms with van der Waals surface area (Å²) in [6, 6.07) is 9.53. The lowest BCUT2D eigenvalue weighted by Crippen LogP contribution is -2.51. The zero-order valence-electron chi connectivity index (χ0n) is 22.2. The van der Waals surface area contributed by atoms with Crippen LogP contribution in [-0.2, 0) is 16.6 Å². The van der Waals surface area contributed by atoms with Crippen molar-refractivity contribution in [3.8, 4) is 5.75 Å². The van der Waals surface area contributed by atoms with Gasteiger partial charge in [-0.15, -0.1) is 0 Å². The van der Waals surface area contributed by atoms with Crippen LogP contribution in [-0.4, -0.2) is 54.9 Å².